The van der Waals surface area contributed by atoms with E-state index in [9.17, 15) is 4.79 Å². The van der Waals surface area contributed by atoms with Gasteiger partial charge in [0.15, 0.2) is 0 Å². The molecule has 3 aromatic heterocycles. The van der Waals surface area contributed by atoms with E-state index in [4.69, 9.17) is 10.8 Å². The maximum Gasteiger partial charge on any atom is 0.282 e. The van der Waals surface area contributed by atoms with Crippen LogP contribution in [0.1, 0.15) is 5.69 Å². The Bertz CT molecular complexity index is 1740. The molecule has 6 aromatic rings. The molecule has 0 bridgehead atoms. The molecule has 0 fully saturated rings. The predicted molar refractivity (Wildman–Crippen MR) is 134 cm³/mol. The number of nitrogen functional groups attached to an aromatic ring is 1. The van der Waals surface area contributed by atoms with Crippen LogP contribution in [0.2, 0.25) is 0 Å². The van der Waals surface area contributed by atoms with Crippen LogP contribution < -0.4 is 11.3 Å². The molecule has 0 radical (unpaired) electrons. The molecule has 34 heavy (non-hydrogen) atoms. The highest BCUT2D eigenvalue weighted by Gasteiger charge is 2.21. The van der Waals surface area contributed by atoms with Crippen molar-refractivity contribution in [2.24, 2.45) is 0 Å². The Labute approximate surface area is 194 Å². The van der Waals surface area contributed by atoms with Crippen LogP contribution in [0.5, 0.6) is 0 Å². The number of fused-ring (bicyclic) bond motifs is 2. The van der Waals surface area contributed by atoms with E-state index in [2.05, 4.69) is 15.0 Å². The van der Waals surface area contributed by atoms with E-state index in [1.54, 1.807) is 0 Å². The van der Waals surface area contributed by atoms with Gasteiger partial charge in [-0.25, -0.2) is 9.97 Å². The fourth-order valence-electron chi connectivity index (χ4n) is 4.44. The number of nitrogens with one attached hydrogen (secondary N) is 1. The molecular weight excluding hydrogens is 424 g/mol. The summed E-state index contributed by atoms with van der Waals surface area (Å²) in [7, 11) is 0. The van der Waals surface area contributed by atoms with Crippen molar-refractivity contribution in [3.8, 4) is 33.5 Å². The standard InChI is InChI=1S/C27H20N6O/c1-16-22(19-12-13-21-20(14-19)25(28)30-15-29-21)27(34)33-26(31-16)23(17-8-4-2-5-9-17)24(32-33)18-10-6-3-7-11-18/h2-15,31H,1H3,(H2,28,29,30). The Balaban J connectivity index is 1.66. The van der Waals surface area contributed by atoms with Crippen molar-refractivity contribution in [2.75, 3.05) is 5.73 Å². The lowest BCUT2D eigenvalue weighted by Crippen LogP contribution is -2.19. The van der Waals surface area contributed by atoms with Crippen LogP contribution in [-0.4, -0.2) is 24.6 Å². The van der Waals surface area contributed by atoms with Gasteiger partial charge in [-0.3, -0.25) is 4.79 Å². The predicted octanol–water partition coefficient (Wildman–Crippen LogP) is 4.86. The number of nitrogens with two attached hydrogens (primary N) is 1. The molecule has 0 unspecified atom stereocenters. The molecule has 3 aromatic carbocycles. The fraction of sp³-hybridized carbons (Fsp3) is 0.0370. The third kappa shape index (κ3) is 3.06. The molecule has 0 saturated heterocycles. The first-order chi connectivity index (χ1) is 16.6. The number of aryl methyl sites for hydroxylation is 1. The summed E-state index contributed by atoms with van der Waals surface area (Å²) in [6.07, 6.45) is 1.43. The van der Waals surface area contributed by atoms with Gasteiger partial charge in [0.1, 0.15) is 23.5 Å². The fourth-order valence-corrected chi connectivity index (χ4v) is 4.44. The van der Waals surface area contributed by atoms with Crippen molar-refractivity contribution < 1.29 is 0 Å². The van der Waals surface area contributed by atoms with Gasteiger partial charge in [-0.1, -0.05) is 66.7 Å². The Hall–Kier alpha value is -4.78. The van der Waals surface area contributed by atoms with E-state index in [1.807, 2.05) is 85.8 Å². The zero-order chi connectivity index (χ0) is 23.2. The Kier molecular flexibility index (Phi) is 4.48. The average molecular weight is 444 g/mol. The highest BCUT2D eigenvalue weighted by Crippen LogP contribution is 2.35. The molecule has 7 heteroatoms. The smallest absolute Gasteiger partial charge is 0.282 e. The lowest BCUT2D eigenvalue weighted by molar-refractivity contribution is 0.897. The van der Waals surface area contributed by atoms with Crippen molar-refractivity contribution in [2.45, 2.75) is 6.92 Å². The second-order valence-corrected chi connectivity index (χ2v) is 8.14. The molecule has 0 saturated carbocycles. The lowest BCUT2D eigenvalue weighted by atomic mass is 10.0. The van der Waals surface area contributed by atoms with Crippen molar-refractivity contribution >= 4 is 22.4 Å². The van der Waals surface area contributed by atoms with Crippen molar-refractivity contribution in [3.63, 3.8) is 0 Å². The molecular formula is C27H20N6O. The molecule has 164 valence electrons. The quantitative estimate of drug-likeness (QED) is 0.406. The van der Waals surface area contributed by atoms with Crippen LogP contribution in [-0.2, 0) is 0 Å². The van der Waals surface area contributed by atoms with E-state index in [0.29, 0.717) is 22.4 Å². The number of hydrogen-bond acceptors (Lipinski definition) is 5. The van der Waals surface area contributed by atoms with Crippen LogP contribution in [0.3, 0.4) is 0 Å². The number of rotatable bonds is 3. The Morgan fingerprint density at radius 2 is 1.53 bits per heavy atom. The summed E-state index contributed by atoms with van der Waals surface area (Å²) in [5, 5.41) is 5.49. The SMILES string of the molecule is Cc1[nH]c2c(-c3ccccc3)c(-c3ccccc3)nn2c(=O)c1-c1ccc2ncnc(N)c2c1. The van der Waals surface area contributed by atoms with Crippen LogP contribution in [0.15, 0.2) is 90.0 Å². The van der Waals surface area contributed by atoms with E-state index in [1.165, 1.54) is 10.8 Å². The maximum atomic E-state index is 13.8. The number of benzene rings is 3. The molecule has 0 aliphatic rings. The van der Waals surface area contributed by atoms with E-state index in [0.717, 1.165) is 39.2 Å². The normalized spacial score (nSPS) is 11.3. The maximum absolute atomic E-state index is 13.8. The molecule has 0 atom stereocenters. The zero-order valence-corrected chi connectivity index (χ0v) is 18.4. The van der Waals surface area contributed by atoms with Crippen LogP contribution in [0.25, 0.3) is 50.1 Å². The van der Waals surface area contributed by atoms with Crippen molar-refractivity contribution in [1.29, 1.82) is 0 Å². The van der Waals surface area contributed by atoms with Gasteiger partial charge in [0.05, 0.1) is 16.6 Å². The lowest BCUT2D eigenvalue weighted by Gasteiger charge is -2.09. The van der Waals surface area contributed by atoms with Gasteiger partial charge < -0.3 is 10.7 Å². The number of H-pyrrole nitrogens is 1. The Morgan fingerprint density at radius 3 is 2.26 bits per heavy atom. The van der Waals surface area contributed by atoms with Gasteiger partial charge >= 0.3 is 0 Å². The molecule has 0 amide bonds. The van der Waals surface area contributed by atoms with E-state index < -0.39 is 0 Å². The van der Waals surface area contributed by atoms with Gasteiger partial charge in [-0.2, -0.15) is 9.61 Å². The molecule has 0 spiro atoms. The highest BCUT2D eigenvalue weighted by atomic mass is 16.1. The second-order valence-electron chi connectivity index (χ2n) is 8.14. The summed E-state index contributed by atoms with van der Waals surface area (Å²) in [6.45, 7) is 1.90. The van der Waals surface area contributed by atoms with Crippen LogP contribution >= 0.6 is 0 Å². The minimum absolute atomic E-state index is 0.208. The second kappa shape index (κ2) is 7.67. The van der Waals surface area contributed by atoms with Crippen molar-refractivity contribution in [1.82, 2.24) is 24.6 Å². The number of hydrogen-bond donors (Lipinski definition) is 2. The zero-order valence-electron chi connectivity index (χ0n) is 18.4. The average Bonchev–Trinajstić information content (AvgIpc) is 3.25. The van der Waals surface area contributed by atoms with Gasteiger partial charge in [0, 0.05) is 16.6 Å². The van der Waals surface area contributed by atoms with Gasteiger partial charge in [0.25, 0.3) is 5.56 Å². The first-order valence-electron chi connectivity index (χ1n) is 10.9. The first-order valence-corrected chi connectivity index (χ1v) is 10.9. The van der Waals surface area contributed by atoms with Gasteiger partial charge in [-0.15, -0.1) is 0 Å². The van der Waals surface area contributed by atoms with E-state index in [-0.39, 0.29) is 5.56 Å². The summed E-state index contributed by atoms with van der Waals surface area (Å²) in [4.78, 5) is 25.6. The Morgan fingerprint density at radius 1 is 0.824 bits per heavy atom. The summed E-state index contributed by atoms with van der Waals surface area (Å²) in [6, 6.07) is 25.4. The molecule has 3 heterocycles. The van der Waals surface area contributed by atoms with Crippen LogP contribution in [0.4, 0.5) is 5.82 Å². The number of nitrogens with zero attached hydrogens (tertiary/aromatic N) is 4. The number of anilines is 1. The summed E-state index contributed by atoms with van der Waals surface area (Å²) in [5.41, 5.74) is 12.8. The van der Waals surface area contributed by atoms with Crippen molar-refractivity contribution in [3.05, 3.63) is 101 Å². The molecule has 6 rings (SSSR count). The largest absolute Gasteiger partial charge is 0.383 e. The monoisotopic (exact) mass is 444 g/mol. The summed E-state index contributed by atoms with van der Waals surface area (Å²) in [5.74, 6) is 0.374. The third-order valence-electron chi connectivity index (χ3n) is 6.04. The minimum Gasteiger partial charge on any atom is -0.383 e. The highest BCUT2D eigenvalue weighted by molar-refractivity contribution is 5.93. The minimum atomic E-state index is -0.208. The molecule has 0 aliphatic carbocycles. The molecule has 7 nitrogen and oxygen atoms in total. The van der Waals surface area contributed by atoms with Crippen LogP contribution in [0, 0.1) is 6.92 Å². The third-order valence-corrected chi connectivity index (χ3v) is 6.04. The molecule has 0 aliphatic heterocycles. The number of aromatic amines is 1. The van der Waals surface area contributed by atoms with E-state index >= 15 is 0 Å². The van der Waals surface area contributed by atoms with Gasteiger partial charge in [0.2, 0.25) is 0 Å². The number of aromatic nitrogens is 5. The summed E-state index contributed by atoms with van der Waals surface area (Å²) >= 11 is 0. The van der Waals surface area contributed by atoms with Gasteiger partial charge in [-0.05, 0) is 30.2 Å². The topological polar surface area (TPSA) is 102 Å². The first kappa shape index (κ1) is 19.9. The summed E-state index contributed by atoms with van der Waals surface area (Å²) < 4.78 is 1.46. The molecule has 3 N–H and O–H groups in total.